The molecular formula is C12H23N3O3. The first-order chi connectivity index (χ1) is 8.43. The summed E-state index contributed by atoms with van der Waals surface area (Å²) in [6.45, 7) is 2.11. The van der Waals surface area contributed by atoms with E-state index in [1.165, 1.54) is 4.90 Å². The Bertz CT molecular complexity index is 325. The molecule has 1 unspecified atom stereocenters. The minimum Gasteiger partial charge on any atom is -0.409 e. The standard InChI is InChI=1S/C12H23N3O3/c1-3-9(10(13)14-18)11(16)15(2)8-12(17)6-4-5-7-12/h9,17-18H,3-8H2,1-2H3,(H2,13,14). The molecule has 0 saturated heterocycles. The van der Waals surface area contributed by atoms with Crippen molar-refractivity contribution in [2.45, 2.75) is 44.6 Å². The number of nitrogens with zero attached hydrogens (tertiary/aromatic N) is 2. The van der Waals surface area contributed by atoms with Crippen LogP contribution in [0.1, 0.15) is 39.0 Å². The van der Waals surface area contributed by atoms with Crippen LogP contribution in [-0.2, 0) is 4.79 Å². The van der Waals surface area contributed by atoms with Gasteiger partial charge in [0.25, 0.3) is 0 Å². The molecule has 0 aromatic carbocycles. The number of aliphatic hydroxyl groups is 1. The van der Waals surface area contributed by atoms with Crippen LogP contribution in [0.25, 0.3) is 0 Å². The van der Waals surface area contributed by atoms with Crippen molar-refractivity contribution in [3.63, 3.8) is 0 Å². The highest BCUT2D eigenvalue weighted by Crippen LogP contribution is 2.30. The zero-order chi connectivity index (χ0) is 13.8. The van der Waals surface area contributed by atoms with Gasteiger partial charge in [0.05, 0.1) is 11.5 Å². The summed E-state index contributed by atoms with van der Waals surface area (Å²) in [4.78, 5) is 13.6. The van der Waals surface area contributed by atoms with Crippen LogP contribution in [0.5, 0.6) is 0 Å². The van der Waals surface area contributed by atoms with Gasteiger partial charge in [-0.05, 0) is 19.3 Å². The first-order valence-electron chi connectivity index (χ1n) is 6.38. The lowest BCUT2D eigenvalue weighted by molar-refractivity contribution is -0.135. The molecule has 0 aromatic rings. The second-order valence-corrected chi connectivity index (χ2v) is 5.11. The van der Waals surface area contributed by atoms with Gasteiger partial charge in [-0.1, -0.05) is 24.9 Å². The normalized spacial score (nSPS) is 20.7. The summed E-state index contributed by atoms with van der Waals surface area (Å²) in [6, 6.07) is 0. The number of nitrogens with two attached hydrogens (primary N) is 1. The average molecular weight is 257 g/mol. The van der Waals surface area contributed by atoms with E-state index in [9.17, 15) is 9.90 Å². The van der Waals surface area contributed by atoms with Crippen molar-refractivity contribution in [3.8, 4) is 0 Å². The third kappa shape index (κ3) is 3.35. The summed E-state index contributed by atoms with van der Waals surface area (Å²) in [6.07, 6.45) is 3.92. The molecular weight excluding hydrogens is 234 g/mol. The van der Waals surface area contributed by atoms with Crippen LogP contribution >= 0.6 is 0 Å². The number of rotatable bonds is 5. The molecule has 0 spiro atoms. The van der Waals surface area contributed by atoms with Crippen molar-refractivity contribution >= 4 is 11.7 Å². The van der Waals surface area contributed by atoms with Crippen molar-refractivity contribution in [2.24, 2.45) is 16.8 Å². The van der Waals surface area contributed by atoms with E-state index in [0.717, 1.165) is 25.7 Å². The SMILES string of the molecule is CCC(C(=O)N(C)CC1(O)CCCC1)C(N)=NO. The number of amidine groups is 1. The maximum atomic E-state index is 12.1. The Labute approximate surface area is 107 Å². The van der Waals surface area contributed by atoms with E-state index in [-0.39, 0.29) is 11.7 Å². The van der Waals surface area contributed by atoms with Gasteiger partial charge in [-0.3, -0.25) is 4.79 Å². The lowest BCUT2D eigenvalue weighted by Gasteiger charge is -2.30. The van der Waals surface area contributed by atoms with Crippen molar-refractivity contribution < 1.29 is 15.1 Å². The molecule has 1 aliphatic rings. The van der Waals surface area contributed by atoms with Crippen LogP contribution < -0.4 is 5.73 Å². The molecule has 0 aromatic heterocycles. The summed E-state index contributed by atoms with van der Waals surface area (Å²) in [5.41, 5.74) is 4.73. The maximum Gasteiger partial charge on any atom is 0.233 e. The average Bonchev–Trinajstić information content (AvgIpc) is 2.76. The highest BCUT2D eigenvalue weighted by Gasteiger charge is 2.35. The third-order valence-electron chi connectivity index (χ3n) is 3.62. The van der Waals surface area contributed by atoms with E-state index in [0.29, 0.717) is 13.0 Å². The Kier molecular flexibility index (Phi) is 4.95. The molecule has 1 saturated carbocycles. The predicted molar refractivity (Wildman–Crippen MR) is 68.2 cm³/mol. The summed E-state index contributed by atoms with van der Waals surface area (Å²) in [5, 5.41) is 21.8. The fourth-order valence-electron chi connectivity index (χ4n) is 2.56. The Hall–Kier alpha value is -1.30. The van der Waals surface area contributed by atoms with Crippen LogP contribution in [-0.4, -0.2) is 46.1 Å². The fourth-order valence-corrected chi connectivity index (χ4v) is 2.56. The lowest BCUT2D eigenvalue weighted by atomic mass is 9.99. The highest BCUT2D eigenvalue weighted by molar-refractivity contribution is 6.01. The maximum absolute atomic E-state index is 12.1. The molecule has 6 heteroatoms. The fraction of sp³-hybridized carbons (Fsp3) is 0.833. The van der Waals surface area contributed by atoms with Crippen molar-refractivity contribution in [1.82, 2.24) is 4.90 Å². The second kappa shape index (κ2) is 6.04. The Morgan fingerprint density at radius 1 is 1.50 bits per heavy atom. The van der Waals surface area contributed by atoms with E-state index >= 15 is 0 Å². The second-order valence-electron chi connectivity index (χ2n) is 5.11. The summed E-state index contributed by atoms with van der Waals surface area (Å²) in [5.74, 6) is -0.911. The Morgan fingerprint density at radius 3 is 2.50 bits per heavy atom. The van der Waals surface area contributed by atoms with Crippen LogP contribution in [0.4, 0.5) is 0 Å². The van der Waals surface area contributed by atoms with Gasteiger partial charge in [0.15, 0.2) is 5.84 Å². The van der Waals surface area contributed by atoms with Gasteiger partial charge >= 0.3 is 0 Å². The molecule has 0 heterocycles. The first-order valence-corrected chi connectivity index (χ1v) is 6.38. The molecule has 1 rings (SSSR count). The van der Waals surface area contributed by atoms with Crippen LogP contribution in [0.15, 0.2) is 5.16 Å². The number of hydrogen-bond acceptors (Lipinski definition) is 4. The lowest BCUT2D eigenvalue weighted by Crippen LogP contribution is -2.46. The summed E-state index contributed by atoms with van der Waals surface area (Å²) < 4.78 is 0. The highest BCUT2D eigenvalue weighted by atomic mass is 16.4. The van der Waals surface area contributed by atoms with Gasteiger partial charge < -0.3 is 20.9 Å². The van der Waals surface area contributed by atoms with Gasteiger partial charge in [-0.25, -0.2) is 0 Å². The minimum atomic E-state index is -0.770. The molecule has 18 heavy (non-hydrogen) atoms. The van der Waals surface area contributed by atoms with E-state index in [1.807, 2.05) is 0 Å². The van der Waals surface area contributed by atoms with Gasteiger partial charge in [0, 0.05) is 13.6 Å². The van der Waals surface area contributed by atoms with Crippen LogP contribution in [0, 0.1) is 5.92 Å². The van der Waals surface area contributed by atoms with E-state index in [4.69, 9.17) is 10.9 Å². The van der Waals surface area contributed by atoms with Crippen molar-refractivity contribution in [1.29, 1.82) is 0 Å². The van der Waals surface area contributed by atoms with Crippen molar-refractivity contribution in [3.05, 3.63) is 0 Å². The molecule has 1 amide bonds. The topological polar surface area (TPSA) is 99.2 Å². The monoisotopic (exact) mass is 257 g/mol. The molecule has 4 N–H and O–H groups in total. The zero-order valence-corrected chi connectivity index (χ0v) is 11.1. The van der Waals surface area contributed by atoms with Gasteiger partial charge in [0.1, 0.15) is 0 Å². The van der Waals surface area contributed by atoms with Gasteiger partial charge in [-0.15, -0.1) is 0 Å². The molecule has 1 fully saturated rings. The number of hydrogen-bond donors (Lipinski definition) is 3. The molecule has 1 atom stereocenters. The van der Waals surface area contributed by atoms with E-state index in [2.05, 4.69) is 5.16 Å². The number of carbonyl (C=O) groups is 1. The predicted octanol–water partition coefficient (Wildman–Crippen LogP) is 0.522. The molecule has 6 nitrogen and oxygen atoms in total. The van der Waals surface area contributed by atoms with Crippen LogP contribution in [0.3, 0.4) is 0 Å². The van der Waals surface area contributed by atoms with E-state index in [1.54, 1.807) is 14.0 Å². The molecule has 1 aliphatic carbocycles. The molecule has 104 valence electrons. The number of amides is 1. The summed E-state index contributed by atoms with van der Waals surface area (Å²) >= 11 is 0. The number of carbonyl (C=O) groups excluding carboxylic acids is 1. The first kappa shape index (κ1) is 14.8. The third-order valence-corrected chi connectivity index (χ3v) is 3.62. The summed E-state index contributed by atoms with van der Waals surface area (Å²) in [7, 11) is 1.64. The van der Waals surface area contributed by atoms with Gasteiger partial charge in [0.2, 0.25) is 5.91 Å². The minimum absolute atomic E-state index is 0.0761. The van der Waals surface area contributed by atoms with Crippen molar-refractivity contribution in [2.75, 3.05) is 13.6 Å². The number of oxime groups is 1. The smallest absolute Gasteiger partial charge is 0.233 e. The molecule has 0 bridgehead atoms. The molecule has 0 radical (unpaired) electrons. The number of likely N-dealkylation sites (N-methyl/N-ethyl adjacent to an activating group) is 1. The largest absolute Gasteiger partial charge is 0.409 e. The molecule has 0 aliphatic heterocycles. The zero-order valence-electron chi connectivity index (χ0n) is 11.1. The Morgan fingerprint density at radius 2 is 2.06 bits per heavy atom. The van der Waals surface area contributed by atoms with Gasteiger partial charge in [-0.2, -0.15) is 0 Å². The van der Waals surface area contributed by atoms with E-state index < -0.39 is 11.5 Å². The quantitative estimate of drug-likeness (QED) is 0.289. The van der Waals surface area contributed by atoms with Crippen LogP contribution in [0.2, 0.25) is 0 Å². The Balaban J connectivity index is 2.65.